The molecule has 2 aromatic carbocycles. The molecule has 2 N–H and O–H groups in total. The summed E-state index contributed by atoms with van der Waals surface area (Å²) in [6.45, 7) is 0. The molecule has 0 saturated carbocycles. The van der Waals surface area contributed by atoms with Crippen molar-refractivity contribution in [1.29, 1.82) is 0 Å². The Morgan fingerprint density at radius 1 is 1.16 bits per heavy atom. The van der Waals surface area contributed by atoms with Crippen LogP contribution in [0.3, 0.4) is 0 Å². The first-order valence-electron chi connectivity index (χ1n) is 10.4. The van der Waals surface area contributed by atoms with E-state index in [1.807, 2.05) is 24.3 Å². The van der Waals surface area contributed by atoms with E-state index in [1.165, 1.54) is 30.5 Å². The molecule has 1 amide bonds. The standard InChI is InChI=1S/C24H21FN4O3/c1-32-17-11-5-14(6-12-17)22-21-19(3-2-4-20(21)30)28-23-18(13-26-29(22)23)24(31)27-16-9-7-15(25)8-10-16/h5-13,22,28H,2-4H2,1H3,(H,27,31). The van der Waals surface area contributed by atoms with Gasteiger partial charge in [-0.05, 0) is 54.8 Å². The highest BCUT2D eigenvalue weighted by Gasteiger charge is 2.37. The Kier molecular flexibility index (Phi) is 4.97. The van der Waals surface area contributed by atoms with Crippen LogP contribution >= 0.6 is 0 Å². The molecular weight excluding hydrogens is 411 g/mol. The molecule has 1 aliphatic carbocycles. The van der Waals surface area contributed by atoms with Gasteiger partial charge in [0.2, 0.25) is 0 Å². The van der Waals surface area contributed by atoms with Crippen LogP contribution in [0.2, 0.25) is 0 Å². The molecule has 2 heterocycles. The van der Waals surface area contributed by atoms with Crippen molar-refractivity contribution in [3.8, 4) is 5.75 Å². The highest BCUT2D eigenvalue weighted by molar-refractivity contribution is 6.08. The van der Waals surface area contributed by atoms with Crippen LogP contribution < -0.4 is 15.4 Å². The topological polar surface area (TPSA) is 85.2 Å². The maximum absolute atomic E-state index is 13.2. The van der Waals surface area contributed by atoms with Gasteiger partial charge < -0.3 is 15.4 Å². The number of halogens is 1. The summed E-state index contributed by atoms with van der Waals surface area (Å²) in [4.78, 5) is 25.9. The molecule has 162 valence electrons. The summed E-state index contributed by atoms with van der Waals surface area (Å²) in [6.07, 6.45) is 3.45. The van der Waals surface area contributed by atoms with E-state index in [-0.39, 0.29) is 17.5 Å². The molecule has 3 aromatic rings. The second kappa shape index (κ2) is 7.96. The minimum atomic E-state index is -0.438. The van der Waals surface area contributed by atoms with E-state index < -0.39 is 6.04 Å². The Morgan fingerprint density at radius 2 is 1.91 bits per heavy atom. The number of amides is 1. The number of carbonyl (C=O) groups is 2. The van der Waals surface area contributed by atoms with Crippen molar-refractivity contribution < 1.29 is 18.7 Å². The Balaban J connectivity index is 1.55. The third-order valence-electron chi connectivity index (χ3n) is 5.82. The molecule has 32 heavy (non-hydrogen) atoms. The van der Waals surface area contributed by atoms with Gasteiger partial charge in [-0.1, -0.05) is 12.1 Å². The molecule has 8 heteroatoms. The zero-order chi connectivity index (χ0) is 22.2. The Labute approximate surface area is 183 Å². The van der Waals surface area contributed by atoms with Gasteiger partial charge in [0, 0.05) is 23.4 Å². The van der Waals surface area contributed by atoms with Gasteiger partial charge in [0.25, 0.3) is 5.91 Å². The highest BCUT2D eigenvalue weighted by atomic mass is 19.1. The second-order valence-corrected chi connectivity index (χ2v) is 7.78. The lowest BCUT2D eigenvalue weighted by molar-refractivity contribution is -0.116. The number of ketones is 1. The van der Waals surface area contributed by atoms with E-state index in [1.54, 1.807) is 11.8 Å². The van der Waals surface area contributed by atoms with Crippen LogP contribution in [0.5, 0.6) is 5.75 Å². The van der Waals surface area contributed by atoms with E-state index in [2.05, 4.69) is 15.7 Å². The van der Waals surface area contributed by atoms with E-state index in [0.717, 1.165) is 24.1 Å². The van der Waals surface area contributed by atoms with Gasteiger partial charge >= 0.3 is 0 Å². The lowest BCUT2D eigenvalue weighted by Crippen LogP contribution is -2.32. The van der Waals surface area contributed by atoms with Gasteiger partial charge in [-0.15, -0.1) is 0 Å². The summed E-state index contributed by atoms with van der Waals surface area (Å²) in [5.74, 6) is 0.574. The van der Waals surface area contributed by atoms with Crippen LogP contribution in [-0.4, -0.2) is 28.6 Å². The molecule has 5 rings (SSSR count). The van der Waals surface area contributed by atoms with Gasteiger partial charge in [-0.2, -0.15) is 5.10 Å². The third-order valence-corrected chi connectivity index (χ3v) is 5.82. The van der Waals surface area contributed by atoms with Gasteiger partial charge in [-0.25, -0.2) is 9.07 Å². The van der Waals surface area contributed by atoms with Crippen molar-refractivity contribution in [1.82, 2.24) is 9.78 Å². The fourth-order valence-corrected chi connectivity index (χ4v) is 4.25. The molecule has 0 radical (unpaired) electrons. The summed E-state index contributed by atoms with van der Waals surface area (Å²) in [5, 5.41) is 10.5. The monoisotopic (exact) mass is 432 g/mol. The van der Waals surface area contributed by atoms with Crippen LogP contribution in [0.25, 0.3) is 0 Å². The van der Waals surface area contributed by atoms with E-state index in [4.69, 9.17) is 4.74 Å². The summed E-state index contributed by atoms with van der Waals surface area (Å²) in [5.41, 5.74) is 3.21. The average molecular weight is 432 g/mol. The van der Waals surface area contributed by atoms with Crippen LogP contribution in [-0.2, 0) is 4.79 Å². The number of hydrogen-bond donors (Lipinski definition) is 2. The van der Waals surface area contributed by atoms with Gasteiger partial charge in [0.15, 0.2) is 5.78 Å². The van der Waals surface area contributed by atoms with Crippen molar-refractivity contribution in [3.63, 3.8) is 0 Å². The summed E-state index contributed by atoms with van der Waals surface area (Å²) >= 11 is 0. The maximum Gasteiger partial charge on any atom is 0.261 e. The number of ether oxygens (including phenoxy) is 1. The smallest absolute Gasteiger partial charge is 0.261 e. The third kappa shape index (κ3) is 3.43. The fourth-order valence-electron chi connectivity index (χ4n) is 4.25. The number of benzene rings is 2. The van der Waals surface area contributed by atoms with Crippen LogP contribution in [0.4, 0.5) is 15.9 Å². The highest BCUT2D eigenvalue weighted by Crippen LogP contribution is 2.41. The number of anilines is 2. The summed E-state index contributed by atoms with van der Waals surface area (Å²) in [7, 11) is 1.60. The lowest BCUT2D eigenvalue weighted by Gasteiger charge is -2.33. The molecule has 2 aliphatic rings. The first kappa shape index (κ1) is 20.0. The van der Waals surface area contributed by atoms with Crippen LogP contribution in [0.1, 0.15) is 41.2 Å². The van der Waals surface area contributed by atoms with Gasteiger partial charge in [0.05, 0.1) is 13.3 Å². The Morgan fingerprint density at radius 3 is 2.62 bits per heavy atom. The molecule has 0 saturated heterocycles. The van der Waals surface area contributed by atoms with Crippen molar-refractivity contribution in [2.45, 2.75) is 25.3 Å². The van der Waals surface area contributed by atoms with Gasteiger partial charge in [-0.3, -0.25) is 9.59 Å². The minimum Gasteiger partial charge on any atom is -0.497 e. The SMILES string of the molecule is COc1ccc(C2C3=C(CCCC3=O)Nc3c(C(=O)Nc4ccc(F)cc4)cnn32)cc1. The zero-order valence-corrected chi connectivity index (χ0v) is 17.4. The number of nitrogens with one attached hydrogen (secondary N) is 2. The normalized spacial score (nSPS) is 17.3. The zero-order valence-electron chi connectivity index (χ0n) is 17.4. The largest absolute Gasteiger partial charge is 0.497 e. The number of Topliss-reactive ketones (excluding diaryl/α,β-unsaturated/α-hetero) is 1. The fraction of sp³-hybridized carbons (Fsp3) is 0.208. The van der Waals surface area contributed by atoms with Crippen LogP contribution in [0, 0.1) is 5.82 Å². The summed E-state index contributed by atoms with van der Waals surface area (Å²) in [6, 6.07) is 12.6. The molecule has 0 spiro atoms. The molecule has 0 bridgehead atoms. The van der Waals surface area contributed by atoms with Crippen molar-refractivity contribution in [2.24, 2.45) is 0 Å². The predicted molar refractivity (Wildman–Crippen MR) is 117 cm³/mol. The lowest BCUT2D eigenvalue weighted by atomic mass is 9.85. The number of nitrogens with zero attached hydrogens (tertiary/aromatic N) is 2. The van der Waals surface area contributed by atoms with Crippen LogP contribution in [0.15, 0.2) is 66.0 Å². The Hall–Kier alpha value is -3.94. The average Bonchev–Trinajstić information content (AvgIpc) is 3.23. The number of methoxy groups -OCH3 is 1. The summed E-state index contributed by atoms with van der Waals surface area (Å²) < 4.78 is 20.1. The number of fused-ring (bicyclic) bond motifs is 1. The molecule has 7 nitrogen and oxygen atoms in total. The van der Waals surface area contributed by atoms with E-state index >= 15 is 0 Å². The van der Waals surface area contributed by atoms with E-state index in [9.17, 15) is 14.0 Å². The van der Waals surface area contributed by atoms with Crippen molar-refractivity contribution in [2.75, 3.05) is 17.7 Å². The number of aromatic nitrogens is 2. The van der Waals surface area contributed by atoms with E-state index in [0.29, 0.717) is 34.8 Å². The molecule has 1 unspecified atom stereocenters. The number of hydrogen-bond acceptors (Lipinski definition) is 5. The number of allylic oxidation sites excluding steroid dienone is 2. The second-order valence-electron chi connectivity index (χ2n) is 7.78. The minimum absolute atomic E-state index is 0.0815. The maximum atomic E-state index is 13.2. The number of rotatable bonds is 4. The molecular formula is C24H21FN4O3. The molecule has 1 aliphatic heterocycles. The number of carbonyl (C=O) groups excluding carboxylic acids is 2. The quantitative estimate of drug-likeness (QED) is 0.642. The van der Waals surface area contributed by atoms with Crippen molar-refractivity contribution in [3.05, 3.63) is 82.9 Å². The first-order valence-corrected chi connectivity index (χ1v) is 10.4. The molecule has 1 aromatic heterocycles. The first-order chi connectivity index (χ1) is 15.5. The Bertz CT molecular complexity index is 1230. The predicted octanol–water partition coefficient (Wildman–Crippen LogP) is 4.31. The molecule has 1 atom stereocenters. The van der Waals surface area contributed by atoms with Crippen molar-refractivity contribution >= 4 is 23.2 Å². The van der Waals surface area contributed by atoms with Gasteiger partial charge in [0.1, 0.15) is 29.0 Å². The molecule has 0 fully saturated rings.